The fourth-order valence-electron chi connectivity index (χ4n) is 4.24. The van der Waals surface area contributed by atoms with Crippen molar-refractivity contribution in [2.45, 2.75) is 39.5 Å². The molecule has 1 heterocycles. The molecule has 0 unspecified atom stereocenters. The van der Waals surface area contributed by atoms with Crippen molar-refractivity contribution in [2.24, 2.45) is 5.92 Å². The molecule has 0 aliphatic heterocycles. The molecule has 0 bridgehead atoms. The molecule has 4 rings (SSSR count). The van der Waals surface area contributed by atoms with Gasteiger partial charge >= 0.3 is 11.9 Å². The Balaban J connectivity index is 1.30. The second-order valence-corrected chi connectivity index (χ2v) is 8.83. The van der Waals surface area contributed by atoms with Crippen LogP contribution in [-0.4, -0.2) is 43.9 Å². The van der Waals surface area contributed by atoms with Crippen LogP contribution in [0.5, 0.6) is 11.5 Å². The SMILES string of the molecule is CCOC(=O)C(CCCCCOc1ccc2cc(-c3nc4ccc(OC)cc4o3)ccc2c1)C(=O)OCC. The third-order valence-electron chi connectivity index (χ3n) is 6.20. The second kappa shape index (κ2) is 12.9. The summed E-state index contributed by atoms with van der Waals surface area (Å²) in [6.07, 6.45) is 2.73. The van der Waals surface area contributed by atoms with E-state index in [9.17, 15) is 9.59 Å². The quantitative estimate of drug-likeness (QED) is 0.115. The molecule has 4 aromatic rings. The predicted molar refractivity (Wildman–Crippen MR) is 144 cm³/mol. The normalized spacial score (nSPS) is 11.2. The lowest BCUT2D eigenvalue weighted by Gasteiger charge is -2.14. The van der Waals surface area contributed by atoms with Gasteiger partial charge in [-0.05, 0) is 73.9 Å². The average molecular weight is 520 g/mol. The summed E-state index contributed by atoms with van der Waals surface area (Å²) in [4.78, 5) is 28.8. The predicted octanol–water partition coefficient (Wildman–Crippen LogP) is 6.34. The van der Waals surface area contributed by atoms with E-state index in [1.807, 2.05) is 54.6 Å². The average Bonchev–Trinajstić information content (AvgIpc) is 3.36. The maximum absolute atomic E-state index is 12.1. The molecule has 8 nitrogen and oxygen atoms in total. The fourth-order valence-corrected chi connectivity index (χ4v) is 4.24. The molecule has 3 aromatic carbocycles. The topological polar surface area (TPSA) is 97.1 Å². The first-order valence-electron chi connectivity index (χ1n) is 13.0. The van der Waals surface area contributed by atoms with Gasteiger partial charge in [0.1, 0.15) is 17.0 Å². The van der Waals surface area contributed by atoms with Gasteiger partial charge in [0.05, 0.1) is 26.9 Å². The molecule has 1 aromatic heterocycles. The zero-order chi connectivity index (χ0) is 26.9. The number of rotatable bonds is 13. The van der Waals surface area contributed by atoms with Crippen LogP contribution < -0.4 is 9.47 Å². The van der Waals surface area contributed by atoms with Crippen molar-refractivity contribution in [2.75, 3.05) is 26.9 Å². The van der Waals surface area contributed by atoms with Gasteiger partial charge in [0, 0.05) is 11.6 Å². The molecule has 0 saturated carbocycles. The highest BCUT2D eigenvalue weighted by atomic mass is 16.6. The Morgan fingerprint density at radius 2 is 1.55 bits per heavy atom. The van der Waals surface area contributed by atoms with Gasteiger partial charge in [0.15, 0.2) is 11.5 Å². The van der Waals surface area contributed by atoms with E-state index in [1.165, 1.54) is 0 Å². The van der Waals surface area contributed by atoms with Crippen LogP contribution in [0.4, 0.5) is 0 Å². The van der Waals surface area contributed by atoms with Gasteiger partial charge in [-0.25, -0.2) is 4.98 Å². The van der Waals surface area contributed by atoms with Crippen molar-refractivity contribution in [3.8, 4) is 23.0 Å². The fraction of sp³-hybridized carbons (Fsp3) is 0.367. The Bertz CT molecular complexity index is 1380. The maximum atomic E-state index is 12.1. The summed E-state index contributed by atoms with van der Waals surface area (Å²) < 4.78 is 27.2. The van der Waals surface area contributed by atoms with Gasteiger partial charge in [0.2, 0.25) is 5.89 Å². The summed E-state index contributed by atoms with van der Waals surface area (Å²) in [6.45, 7) is 4.46. The van der Waals surface area contributed by atoms with Crippen LogP contribution in [-0.2, 0) is 19.1 Å². The third kappa shape index (κ3) is 6.62. The number of carbonyl (C=O) groups excluding carboxylic acids is 2. The summed E-state index contributed by atoms with van der Waals surface area (Å²) in [5, 5.41) is 2.11. The van der Waals surface area contributed by atoms with Crippen molar-refractivity contribution in [3.05, 3.63) is 54.6 Å². The molecule has 0 spiro atoms. The molecular formula is C30H33NO7. The van der Waals surface area contributed by atoms with Crippen molar-refractivity contribution >= 4 is 33.8 Å². The van der Waals surface area contributed by atoms with E-state index in [-0.39, 0.29) is 13.2 Å². The lowest BCUT2D eigenvalue weighted by Crippen LogP contribution is -2.28. The van der Waals surface area contributed by atoms with Crippen LogP contribution in [0.15, 0.2) is 59.0 Å². The second-order valence-electron chi connectivity index (χ2n) is 8.83. The first kappa shape index (κ1) is 27.0. The van der Waals surface area contributed by atoms with E-state index in [1.54, 1.807) is 21.0 Å². The molecular weight excluding hydrogens is 486 g/mol. The number of esters is 2. The molecule has 0 radical (unpaired) electrons. The van der Waals surface area contributed by atoms with E-state index < -0.39 is 17.9 Å². The highest BCUT2D eigenvalue weighted by molar-refractivity contribution is 5.94. The Kier molecular flexibility index (Phi) is 9.19. The van der Waals surface area contributed by atoms with Crippen molar-refractivity contribution in [1.82, 2.24) is 4.98 Å². The molecule has 8 heteroatoms. The molecule has 0 aliphatic rings. The number of carbonyl (C=O) groups is 2. The van der Waals surface area contributed by atoms with Crippen LogP contribution in [0.2, 0.25) is 0 Å². The largest absolute Gasteiger partial charge is 0.497 e. The van der Waals surface area contributed by atoms with Gasteiger partial charge < -0.3 is 23.4 Å². The first-order valence-corrected chi connectivity index (χ1v) is 13.0. The number of fused-ring (bicyclic) bond motifs is 2. The number of nitrogens with zero attached hydrogens (tertiary/aromatic N) is 1. The van der Waals surface area contributed by atoms with E-state index in [2.05, 4.69) is 4.98 Å². The Labute approximate surface area is 221 Å². The standard InChI is InChI=1S/C30H33NO7/c1-4-35-29(32)25(30(33)36-5-2)9-7-6-8-16-37-24-13-12-20-17-22(11-10-21(20)18-24)28-31-26-15-14-23(34-3)19-27(26)38-28/h10-15,17-19,25H,4-9,16H2,1-3H3. The molecule has 0 aliphatic carbocycles. The van der Waals surface area contributed by atoms with Gasteiger partial charge in [-0.1, -0.05) is 25.0 Å². The number of hydrogen-bond donors (Lipinski definition) is 0. The van der Waals surface area contributed by atoms with Crippen LogP contribution in [0.3, 0.4) is 0 Å². The minimum Gasteiger partial charge on any atom is -0.497 e. The summed E-state index contributed by atoms with van der Waals surface area (Å²) in [7, 11) is 1.62. The lowest BCUT2D eigenvalue weighted by molar-refractivity contribution is -0.161. The zero-order valence-corrected chi connectivity index (χ0v) is 22.0. The van der Waals surface area contributed by atoms with E-state index in [0.29, 0.717) is 30.9 Å². The summed E-state index contributed by atoms with van der Waals surface area (Å²) in [6, 6.07) is 17.6. The lowest BCUT2D eigenvalue weighted by atomic mass is 10.0. The summed E-state index contributed by atoms with van der Waals surface area (Å²) >= 11 is 0. The molecule has 0 amide bonds. The van der Waals surface area contributed by atoms with Crippen LogP contribution >= 0.6 is 0 Å². The smallest absolute Gasteiger partial charge is 0.320 e. The third-order valence-corrected chi connectivity index (χ3v) is 6.20. The Morgan fingerprint density at radius 3 is 2.29 bits per heavy atom. The summed E-state index contributed by atoms with van der Waals surface area (Å²) in [5.41, 5.74) is 2.35. The van der Waals surface area contributed by atoms with Crippen LogP contribution in [0.1, 0.15) is 39.5 Å². The molecule has 0 N–H and O–H groups in total. The number of ether oxygens (including phenoxy) is 4. The number of oxazole rings is 1. The molecule has 38 heavy (non-hydrogen) atoms. The first-order chi connectivity index (χ1) is 18.5. The van der Waals surface area contributed by atoms with Gasteiger partial charge in [-0.2, -0.15) is 0 Å². The van der Waals surface area contributed by atoms with Gasteiger partial charge in [0.25, 0.3) is 0 Å². The highest BCUT2D eigenvalue weighted by Gasteiger charge is 2.28. The maximum Gasteiger partial charge on any atom is 0.320 e. The van der Waals surface area contributed by atoms with Crippen LogP contribution in [0, 0.1) is 5.92 Å². The molecule has 200 valence electrons. The minimum atomic E-state index is -0.862. The Hall–Kier alpha value is -4.07. The molecule has 0 atom stereocenters. The van der Waals surface area contributed by atoms with E-state index in [0.717, 1.165) is 46.2 Å². The van der Waals surface area contributed by atoms with Crippen LogP contribution in [0.25, 0.3) is 33.3 Å². The Morgan fingerprint density at radius 1 is 0.842 bits per heavy atom. The molecule has 0 fully saturated rings. The van der Waals surface area contributed by atoms with Gasteiger partial charge in [-0.3, -0.25) is 9.59 Å². The number of benzene rings is 3. The van der Waals surface area contributed by atoms with E-state index in [4.69, 9.17) is 23.4 Å². The monoisotopic (exact) mass is 519 g/mol. The van der Waals surface area contributed by atoms with Gasteiger partial charge in [-0.15, -0.1) is 0 Å². The minimum absolute atomic E-state index is 0.238. The van der Waals surface area contributed by atoms with E-state index >= 15 is 0 Å². The number of methoxy groups -OCH3 is 1. The number of unbranched alkanes of at least 4 members (excludes halogenated alkanes) is 2. The zero-order valence-electron chi connectivity index (χ0n) is 22.0. The highest BCUT2D eigenvalue weighted by Crippen LogP contribution is 2.30. The van der Waals surface area contributed by atoms with Crippen molar-refractivity contribution in [1.29, 1.82) is 0 Å². The van der Waals surface area contributed by atoms with Crippen molar-refractivity contribution in [3.63, 3.8) is 0 Å². The van der Waals surface area contributed by atoms with Crippen molar-refractivity contribution < 1.29 is 33.0 Å². The number of hydrogen-bond acceptors (Lipinski definition) is 8. The molecule has 0 saturated heterocycles. The summed E-state index contributed by atoms with van der Waals surface area (Å²) in [5.74, 6) is 0.178. The number of aromatic nitrogens is 1.